The minimum atomic E-state index is -4.56. The van der Waals surface area contributed by atoms with E-state index in [1.165, 1.54) is 113 Å². The fourth-order valence-corrected chi connectivity index (χ4v) is 8.16. The molecule has 13 heteroatoms. The molecule has 59 heavy (non-hydrogen) atoms. The zero-order valence-electron chi connectivity index (χ0n) is 34.9. The quantitative estimate of drug-likeness (QED) is 0.0351. The van der Waals surface area contributed by atoms with E-state index >= 15 is 0 Å². The molecule has 320 valence electrons. The molecule has 0 radical (unpaired) electrons. The number of rotatable bonds is 26. The molecular formula is C46H62CaO10S2. The van der Waals surface area contributed by atoms with Gasteiger partial charge in [-0.05, 0) is 91.4 Å². The van der Waals surface area contributed by atoms with Gasteiger partial charge < -0.3 is 24.2 Å². The maximum Gasteiger partial charge on any atom is 2.00 e. The van der Waals surface area contributed by atoms with Crippen LogP contribution in [-0.4, -0.2) is 68.8 Å². The summed E-state index contributed by atoms with van der Waals surface area (Å²) in [7, 11) is -8.86. The summed E-state index contributed by atoms with van der Waals surface area (Å²) in [5.41, 5.74) is 0.979. The van der Waals surface area contributed by atoms with Gasteiger partial charge in [0.1, 0.15) is 27.4 Å². The van der Waals surface area contributed by atoms with Crippen molar-refractivity contribution in [1.29, 1.82) is 0 Å². The van der Waals surface area contributed by atoms with E-state index in [4.69, 9.17) is 9.47 Å². The fraction of sp³-hybridized carbons (Fsp3) is 0.478. The van der Waals surface area contributed by atoms with Gasteiger partial charge in [0.2, 0.25) is 0 Å². The summed E-state index contributed by atoms with van der Waals surface area (Å²) in [6.07, 6.45) is 22.0. The molecule has 4 aromatic carbocycles. The van der Waals surface area contributed by atoms with Gasteiger partial charge in [0.05, 0.1) is 9.79 Å². The van der Waals surface area contributed by atoms with Crippen molar-refractivity contribution in [1.82, 2.24) is 0 Å². The van der Waals surface area contributed by atoms with Crippen molar-refractivity contribution in [2.45, 2.75) is 152 Å². The maximum atomic E-state index is 11.8. The van der Waals surface area contributed by atoms with Gasteiger partial charge in [-0.3, -0.25) is 4.55 Å². The zero-order chi connectivity index (χ0) is 42.2. The minimum absolute atomic E-state index is 0. The van der Waals surface area contributed by atoms with Crippen LogP contribution in [0.2, 0.25) is 0 Å². The molecule has 4 rings (SSSR count). The molecule has 0 fully saturated rings. The van der Waals surface area contributed by atoms with Gasteiger partial charge in [0.25, 0.3) is 10.1 Å². The van der Waals surface area contributed by atoms with Crippen molar-refractivity contribution in [3.63, 3.8) is 0 Å². The van der Waals surface area contributed by atoms with E-state index in [0.717, 1.165) is 38.5 Å². The molecule has 10 nitrogen and oxygen atoms in total. The third kappa shape index (κ3) is 20.5. The molecule has 0 saturated heterocycles. The zero-order valence-corrected chi connectivity index (χ0v) is 38.8. The third-order valence-corrected chi connectivity index (χ3v) is 11.8. The molecule has 0 unspecified atom stereocenters. The number of phenolic OH excluding ortho intramolecular Hbond substituents is 1. The second-order valence-corrected chi connectivity index (χ2v) is 17.5. The molecule has 0 spiro atoms. The van der Waals surface area contributed by atoms with Crippen LogP contribution in [0.15, 0.2) is 94.7 Å². The number of benzene rings is 4. The summed E-state index contributed by atoms with van der Waals surface area (Å²) in [6.45, 7) is 4.42. The number of hydrogen-bond donors (Lipinski definition) is 2. The van der Waals surface area contributed by atoms with Crippen LogP contribution in [0.3, 0.4) is 0 Å². The van der Waals surface area contributed by atoms with Crippen LogP contribution in [0.1, 0.15) is 141 Å². The van der Waals surface area contributed by atoms with Gasteiger partial charge in [0.15, 0.2) is 11.5 Å². The predicted molar refractivity (Wildman–Crippen MR) is 232 cm³/mol. The SMILES string of the molecule is CCCCCCCCCCCc1cc(Oc2ccccc2O)ccc1S(=O)(=O)O.CCCCCCCCCCCc1cc(Oc2ccccc2[O-])ccc1S(=O)(=O)[O-].[Ca+2]. The van der Waals surface area contributed by atoms with Crippen LogP contribution in [0, 0.1) is 0 Å². The van der Waals surface area contributed by atoms with E-state index in [2.05, 4.69) is 13.8 Å². The molecule has 0 saturated carbocycles. The molecule has 0 aliphatic rings. The average Bonchev–Trinajstić information content (AvgIpc) is 3.18. The maximum absolute atomic E-state index is 11.8. The van der Waals surface area contributed by atoms with Crippen molar-refractivity contribution in [3.8, 4) is 34.5 Å². The summed E-state index contributed by atoms with van der Waals surface area (Å²) < 4.78 is 79.0. The van der Waals surface area contributed by atoms with Crippen molar-refractivity contribution < 1.29 is 45.6 Å². The number of phenols is 1. The van der Waals surface area contributed by atoms with Gasteiger partial charge in [-0.25, -0.2) is 8.42 Å². The Labute approximate surface area is 383 Å². The molecule has 0 aromatic heterocycles. The Morgan fingerprint density at radius 2 is 0.915 bits per heavy atom. The molecule has 0 amide bonds. The van der Waals surface area contributed by atoms with Gasteiger partial charge in [0, 0.05) is 0 Å². The number of ether oxygens (including phenoxy) is 2. The topological polar surface area (TPSA) is 173 Å². The molecule has 4 aromatic rings. The Balaban J connectivity index is 0.000000400. The van der Waals surface area contributed by atoms with Crippen molar-refractivity contribution in [3.05, 3.63) is 96.1 Å². The molecule has 0 atom stereocenters. The molecule has 0 bridgehead atoms. The Kier molecular flexibility index (Phi) is 25.4. The second-order valence-electron chi connectivity index (χ2n) is 14.7. The first-order valence-electron chi connectivity index (χ1n) is 20.9. The normalized spacial score (nSPS) is 11.3. The smallest absolute Gasteiger partial charge is 0.870 e. The summed E-state index contributed by atoms with van der Waals surface area (Å²) in [5.74, 6) is 0.984. The number of para-hydroxylation sites is 4. The number of hydrogen-bond acceptors (Lipinski definition) is 9. The number of aryl methyl sites for hydroxylation is 2. The van der Waals surface area contributed by atoms with Crippen LogP contribution >= 0.6 is 0 Å². The Hall–Kier alpha value is -2.84. The molecule has 2 N–H and O–H groups in total. The third-order valence-electron chi connectivity index (χ3n) is 9.88. The van der Waals surface area contributed by atoms with Gasteiger partial charge >= 0.3 is 37.7 Å². The predicted octanol–water partition coefficient (Wildman–Crippen LogP) is 11.7. The monoisotopic (exact) mass is 878 g/mol. The molecule has 0 aliphatic heterocycles. The van der Waals surface area contributed by atoms with Crippen molar-refractivity contribution in [2.24, 2.45) is 0 Å². The van der Waals surface area contributed by atoms with Crippen LogP contribution < -0.4 is 14.6 Å². The second kappa shape index (κ2) is 28.6. The first kappa shape index (κ1) is 52.3. The van der Waals surface area contributed by atoms with E-state index in [-0.39, 0.29) is 64.8 Å². The number of aromatic hydroxyl groups is 1. The van der Waals surface area contributed by atoms with E-state index < -0.39 is 20.2 Å². The molecular weight excluding hydrogens is 817 g/mol. The van der Waals surface area contributed by atoms with Crippen molar-refractivity contribution in [2.75, 3.05) is 0 Å². The van der Waals surface area contributed by atoms with Crippen LogP contribution in [0.4, 0.5) is 0 Å². The van der Waals surface area contributed by atoms with Crippen molar-refractivity contribution >= 4 is 58.0 Å². The Morgan fingerprint density at radius 1 is 0.525 bits per heavy atom. The summed E-state index contributed by atoms with van der Waals surface area (Å²) in [4.78, 5) is -0.290. The van der Waals surface area contributed by atoms with E-state index in [0.29, 0.717) is 41.2 Å². The van der Waals surface area contributed by atoms with Gasteiger partial charge in [-0.1, -0.05) is 153 Å². The largest absolute Gasteiger partial charge is 2.00 e. The van der Waals surface area contributed by atoms with Crippen LogP contribution in [0.5, 0.6) is 34.5 Å². The number of unbranched alkanes of at least 4 members (excludes halogenated alkanes) is 16. The van der Waals surface area contributed by atoms with E-state index in [1.807, 2.05) is 0 Å². The van der Waals surface area contributed by atoms with Gasteiger partial charge in [-0.2, -0.15) is 8.42 Å². The first-order valence-corrected chi connectivity index (χ1v) is 23.8. The Morgan fingerprint density at radius 3 is 1.36 bits per heavy atom. The van der Waals surface area contributed by atoms with Crippen LogP contribution in [0.25, 0.3) is 0 Å². The summed E-state index contributed by atoms with van der Waals surface area (Å²) in [6, 6.07) is 21.6. The molecule has 0 aliphatic carbocycles. The minimum Gasteiger partial charge on any atom is -0.870 e. The fourth-order valence-electron chi connectivity index (χ4n) is 6.71. The first-order chi connectivity index (χ1) is 27.8. The Bertz CT molecular complexity index is 1870. The molecule has 0 heterocycles. The summed E-state index contributed by atoms with van der Waals surface area (Å²) >= 11 is 0. The van der Waals surface area contributed by atoms with Crippen LogP contribution in [-0.2, 0) is 33.1 Å². The summed E-state index contributed by atoms with van der Waals surface area (Å²) in [5, 5.41) is 21.7. The average molecular weight is 879 g/mol. The van der Waals surface area contributed by atoms with E-state index in [9.17, 15) is 36.2 Å². The standard InChI is InChI=1S/2C23H32O5S.Ca/c2*1-2-3-4-5-6-7-8-9-10-13-19-18-20(16-17-23(19)29(25,26)27)28-22-15-12-11-14-21(22)24;/h2*11-12,14-18,24H,2-10,13H2,1H3,(H,25,26,27);/q;;+2/p-2. The van der Waals surface area contributed by atoms with E-state index in [1.54, 1.807) is 48.5 Å². The van der Waals surface area contributed by atoms with Gasteiger partial charge in [-0.15, -0.1) is 0 Å².